The summed E-state index contributed by atoms with van der Waals surface area (Å²) in [5.41, 5.74) is 0. The van der Waals surface area contributed by atoms with Crippen molar-refractivity contribution in [1.29, 1.82) is 0 Å². The number of cyclic esters (lactones) is 1. The molecule has 1 fully saturated rings. The van der Waals surface area contributed by atoms with Gasteiger partial charge in [-0.15, -0.1) is 0 Å². The van der Waals surface area contributed by atoms with Crippen LogP contribution in [-0.2, 0) is 14.3 Å². The van der Waals surface area contributed by atoms with Gasteiger partial charge < -0.3 is 9.47 Å². The normalized spacial score (nSPS) is 37.5. The molecule has 0 saturated heterocycles. The molecule has 0 aromatic carbocycles. The summed E-state index contributed by atoms with van der Waals surface area (Å²) >= 11 is 0. The lowest BCUT2D eigenvalue weighted by molar-refractivity contribution is -0.178. The van der Waals surface area contributed by atoms with E-state index in [1.807, 2.05) is 0 Å². The first-order valence-electron chi connectivity index (χ1n) is 6.60. The van der Waals surface area contributed by atoms with Crippen LogP contribution in [0.4, 0.5) is 0 Å². The Morgan fingerprint density at radius 1 is 1.41 bits per heavy atom. The van der Waals surface area contributed by atoms with Gasteiger partial charge in [-0.05, 0) is 36.7 Å². The van der Waals surface area contributed by atoms with Crippen LogP contribution in [0.3, 0.4) is 0 Å². The van der Waals surface area contributed by atoms with Crippen LogP contribution in [0.25, 0.3) is 0 Å². The van der Waals surface area contributed by atoms with Gasteiger partial charge in [-0.3, -0.25) is 0 Å². The van der Waals surface area contributed by atoms with E-state index in [0.717, 1.165) is 6.42 Å². The Morgan fingerprint density at radius 3 is 2.76 bits per heavy atom. The van der Waals surface area contributed by atoms with Gasteiger partial charge in [0.25, 0.3) is 0 Å². The average Bonchev–Trinajstić information content (AvgIpc) is 2.63. The lowest BCUT2D eigenvalue weighted by atomic mass is 9.75. The Hall–Kier alpha value is -0.830. The summed E-state index contributed by atoms with van der Waals surface area (Å²) in [6, 6.07) is 0. The van der Waals surface area contributed by atoms with Gasteiger partial charge in [0.2, 0.25) is 6.29 Å². The van der Waals surface area contributed by atoms with Crippen LogP contribution < -0.4 is 0 Å². The fraction of sp³-hybridized carbons (Fsp3) is 0.786. The lowest BCUT2D eigenvalue weighted by Gasteiger charge is -2.37. The van der Waals surface area contributed by atoms with Crippen LogP contribution in [-0.4, -0.2) is 18.4 Å². The SMILES string of the molecule is CC(C)[C@@H]1CC[C@H](C)C[C@@H]1O[C@H]1C=CC(=O)O1. The molecule has 3 nitrogen and oxygen atoms in total. The minimum absolute atomic E-state index is 0.222. The molecule has 0 radical (unpaired) electrons. The summed E-state index contributed by atoms with van der Waals surface area (Å²) in [5, 5.41) is 0. The number of carbonyl (C=O) groups is 1. The molecule has 0 unspecified atom stereocenters. The molecule has 2 rings (SSSR count). The summed E-state index contributed by atoms with van der Waals surface area (Å²) in [7, 11) is 0. The molecule has 4 atom stereocenters. The Labute approximate surface area is 103 Å². The highest BCUT2D eigenvalue weighted by Gasteiger charge is 2.34. The minimum Gasteiger partial charge on any atom is -0.429 e. The molecule has 0 spiro atoms. The second-order valence-electron chi connectivity index (χ2n) is 5.67. The molecule has 3 heteroatoms. The molecule has 1 aliphatic carbocycles. The number of carbonyl (C=O) groups excluding carboxylic acids is 1. The first kappa shape index (κ1) is 12.6. The fourth-order valence-corrected chi connectivity index (χ4v) is 2.87. The van der Waals surface area contributed by atoms with E-state index in [9.17, 15) is 4.79 Å². The molecule has 96 valence electrons. The summed E-state index contributed by atoms with van der Waals surface area (Å²) in [5.74, 6) is 1.61. The number of hydrogen-bond donors (Lipinski definition) is 0. The van der Waals surface area contributed by atoms with Gasteiger partial charge in [-0.1, -0.05) is 27.2 Å². The molecule has 1 aliphatic heterocycles. The summed E-state index contributed by atoms with van der Waals surface area (Å²) < 4.78 is 11.0. The highest BCUT2D eigenvalue weighted by Crippen LogP contribution is 2.36. The highest BCUT2D eigenvalue weighted by molar-refractivity contribution is 5.84. The largest absolute Gasteiger partial charge is 0.429 e. The van der Waals surface area contributed by atoms with Crippen LogP contribution in [0.5, 0.6) is 0 Å². The van der Waals surface area contributed by atoms with Crippen molar-refractivity contribution in [1.82, 2.24) is 0 Å². The van der Waals surface area contributed by atoms with Gasteiger partial charge in [-0.25, -0.2) is 4.79 Å². The highest BCUT2D eigenvalue weighted by atomic mass is 16.7. The zero-order chi connectivity index (χ0) is 12.4. The molecular weight excluding hydrogens is 216 g/mol. The van der Waals surface area contributed by atoms with Crippen molar-refractivity contribution in [3.63, 3.8) is 0 Å². The molecule has 0 aromatic rings. The Bertz CT molecular complexity index is 309. The van der Waals surface area contributed by atoms with Crippen LogP contribution >= 0.6 is 0 Å². The minimum atomic E-state index is -0.459. The van der Waals surface area contributed by atoms with E-state index < -0.39 is 6.29 Å². The molecule has 0 N–H and O–H groups in total. The molecule has 2 aliphatic rings. The predicted octanol–water partition coefficient (Wildman–Crippen LogP) is 2.90. The molecule has 0 bridgehead atoms. The van der Waals surface area contributed by atoms with Gasteiger partial charge in [0.15, 0.2) is 0 Å². The molecule has 0 aromatic heterocycles. The van der Waals surface area contributed by atoms with E-state index in [2.05, 4.69) is 20.8 Å². The molecule has 1 saturated carbocycles. The first-order chi connectivity index (χ1) is 8.06. The van der Waals surface area contributed by atoms with Crippen molar-refractivity contribution < 1.29 is 14.3 Å². The van der Waals surface area contributed by atoms with Crippen LogP contribution in [0.15, 0.2) is 12.2 Å². The van der Waals surface area contributed by atoms with Gasteiger partial charge in [0, 0.05) is 6.08 Å². The maximum atomic E-state index is 11.0. The van der Waals surface area contributed by atoms with Crippen molar-refractivity contribution >= 4 is 5.97 Å². The predicted molar refractivity (Wildman–Crippen MR) is 65.2 cm³/mol. The molecule has 0 amide bonds. The van der Waals surface area contributed by atoms with Gasteiger partial charge in [-0.2, -0.15) is 0 Å². The zero-order valence-corrected chi connectivity index (χ0v) is 10.9. The maximum Gasteiger partial charge on any atom is 0.333 e. The van der Waals surface area contributed by atoms with Crippen molar-refractivity contribution in [2.75, 3.05) is 0 Å². The van der Waals surface area contributed by atoms with E-state index >= 15 is 0 Å². The van der Waals surface area contributed by atoms with Crippen molar-refractivity contribution in [3.8, 4) is 0 Å². The van der Waals surface area contributed by atoms with Gasteiger partial charge in [0.05, 0.1) is 6.10 Å². The standard InChI is InChI=1S/C14H22O3/c1-9(2)11-5-4-10(3)8-12(11)16-14-7-6-13(15)17-14/h6-7,9-12,14H,4-5,8H2,1-3H3/t10-,11-,12-,14+/m0/s1. The Kier molecular flexibility index (Phi) is 3.87. The van der Waals surface area contributed by atoms with E-state index in [1.165, 1.54) is 18.9 Å². The maximum absolute atomic E-state index is 11.0. The smallest absolute Gasteiger partial charge is 0.333 e. The third-order valence-corrected chi connectivity index (χ3v) is 3.89. The van der Waals surface area contributed by atoms with Crippen LogP contribution in [0.1, 0.15) is 40.0 Å². The van der Waals surface area contributed by atoms with Crippen molar-refractivity contribution in [2.45, 2.75) is 52.4 Å². The van der Waals surface area contributed by atoms with E-state index in [-0.39, 0.29) is 12.1 Å². The summed E-state index contributed by atoms with van der Waals surface area (Å²) in [6.07, 6.45) is 6.49. The lowest BCUT2D eigenvalue weighted by Crippen LogP contribution is -2.36. The number of ether oxygens (including phenoxy) is 2. The second kappa shape index (κ2) is 5.21. The van der Waals surface area contributed by atoms with E-state index in [1.54, 1.807) is 6.08 Å². The molecule has 1 heterocycles. The van der Waals surface area contributed by atoms with Gasteiger partial charge >= 0.3 is 5.97 Å². The average molecular weight is 238 g/mol. The summed E-state index contributed by atoms with van der Waals surface area (Å²) in [6.45, 7) is 6.75. The summed E-state index contributed by atoms with van der Waals surface area (Å²) in [4.78, 5) is 11.0. The second-order valence-corrected chi connectivity index (χ2v) is 5.67. The van der Waals surface area contributed by atoms with E-state index in [4.69, 9.17) is 9.47 Å². The van der Waals surface area contributed by atoms with Crippen LogP contribution in [0.2, 0.25) is 0 Å². The Morgan fingerprint density at radius 2 is 2.18 bits per heavy atom. The third kappa shape index (κ3) is 3.09. The Balaban J connectivity index is 1.95. The third-order valence-electron chi connectivity index (χ3n) is 3.89. The quantitative estimate of drug-likeness (QED) is 0.709. The number of rotatable bonds is 3. The monoisotopic (exact) mass is 238 g/mol. The van der Waals surface area contributed by atoms with E-state index in [0.29, 0.717) is 17.8 Å². The van der Waals surface area contributed by atoms with Gasteiger partial charge in [0.1, 0.15) is 0 Å². The number of hydrogen-bond acceptors (Lipinski definition) is 3. The number of esters is 1. The molecule has 17 heavy (non-hydrogen) atoms. The zero-order valence-electron chi connectivity index (χ0n) is 10.9. The van der Waals surface area contributed by atoms with Crippen molar-refractivity contribution in [2.24, 2.45) is 17.8 Å². The van der Waals surface area contributed by atoms with Crippen molar-refractivity contribution in [3.05, 3.63) is 12.2 Å². The molecular formula is C14H22O3. The fourth-order valence-electron chi connectivity index (χ4n) is 2.87. The van der Waals surface area contributed by atoms with Crippen LogP contribution in [0, 0.1) is 17.8 Å². The first-order valence-corrected chi connectivity index (χ1v) is 6.60. The topological polar surface area (TPSA) is 35.5 Å².